The maximum Gasteiger partial charge on any atom is 0.243 e. The van der Waals surface area contributed by atoms with Gasteiger partial charge in [-0.1, -0.05) is 57.3 Å². The van der Waals surface area contributed by atoms with Crippen molar-refractivity contribution in [2.75, 3.05) is 11.4 Å². The Hall–Kier alpha value is -1.90. The fourth-order valence-electron chi connectivity index (χ4n) is 4.00. The molecule has 3 aromatic carbocycles. The third kappa shape index (κ3) is 5.12. The molecule has 1 aliphatic heterocycles. The van der Waals surface area contributed by atoms with Crippen LogP contribution in [0.3, 0.4) is 0 Å². The average Bonchev–Trinajstić information content (AvgIpc) is 3.09. The topological polar surface area (TPSA) is 57.7 Å². The molecule has 0 saturated heterocycles. The van der Waals surface area contributed by atoms with Crippen LogP contribution in [0.2, 0.25) is 10.0 Å². The molecule has 0 radical (unpaired) electrons. The fourth-order valence-corrected chi connectivity index (χ4v) is 6.10. The largest absolute Gasteiger partial charge is 0.308 e. The molecule has 0 fully saturated rings. The van der Waals surface area contributed by atoms with Gasteiger partial charge < -0.3 is 4.90 Å². The van der Waals surface area contributed by atoms with Crippen LogP contribution in [0, 0.1) is 0 Å². The molecule has 33 heavy (non-hydrogen) atoms. The molecule has 1 atom stereocenters. The lowest BCUT2D eigenvalue weighted by Crippen LogP contribution is -2.44. The lowest BCUT2D eigenvalue weighted by molar-refractivity contribution is -0.119. The van der Waals surface area contributed by atoms with E-state index in [0.717, 1.165) is 15.7 Å². The molecule has 0 unspecified atom stereocenters. The van der Waals surface area contributed by atoms with Crippen LogP contribution in [-0.2, 0) is 27.8 Å². The van der Waals surface area contributed by atoms with Crippen LogP contribution in [0.15, 0.2) is 76.1 Å². The zero-order valence-corrected chi connectivity index (χ0v) is 21.6. The fraction of sp³-hybridized carbons (Fsp3) is 0.208. The van der Waals surface area contributed by atoms with E-state index in [9.17, 15) is 13.2 Å². The number of nitrogens with zero attached hydrogens (tertiary/aromatic N) is 2. The van der Waals surface area contributed by atoms with Gasteiger partial charge in [-0.3, -0.25) is 4.79 Å². The second-order valence-corrected chi connectivity index (χ2v) is 11.6. The number of rotatable bonds is 6. The Morgan fingerprint density at radius 2 is 1.79 bits per heavy atom. The number of amides is 1. The monoisotopic (exact) mass is 566 g/mol. The highest BCUT2D eigenvalue weighted by Gasteiger charge is 2.35. The quantitative estimate of drug-likeness (QED) is 0.371. The van der Waals surface area contributed by atoms with Crippen molar-refractivity contribution in [2.45, 2.75) is 30.8 Å². The molecule has 4 rings (SSSR count). The van der Waals surface area contributed by atoms with Gasteiger partial charge in [0.25, 0.3) is 0 Å². The van der Waals surface area contributed by atoms with Crippen LogP contribution < -0.4 is 4.90 Å². The maximum absolute atomic E-state index is 13.5. The van der Waals surface area contributed by atoms with Gasteiger partial charge in [-0.05, 0) is 73.0 Å². The minimum Gasteiger partial charge on any atom is -0.308 e. The second kappa shape index (κ2) is 9.76. The maximum atomic E-state index is 13.5. The average molecular weight is 568 g/mol. The predicted molar refractivity (Wildman–Crippen MR) is 135 cm³/mol. The van der Waals surface area contributed by atoms with Crippen LogP contribution in [0.5, 0.6) is 0 Å². The summed E-state index contributed by atoms with van der Waals surface area (Å²) >= 11 is 15.7. The van der Waals surface area contributed by atoms with Gasteiger partial charge >= 0.3 is 0 Å². The number of halogens is 3. The van der Waals surface area contributed by atoms with Gasteiger partial charge in [-0.15, -0.1) is 0 Å². The van der Waals surface area contributed by atoms with E-state index in [1.165, 1.54) is 28.6 Å². The molecule has 5 nitrogen and oxygen atoms in total. The zero-order chi connectivity index (χ0) is 23.8. The van der Waals surface area contributed by atoms with Crippen molar-refractivity contribution in [3.63, 3.8) is 0 Å². The molecule has 0 bridgehead atoms. The molecule has 1 aliphatic rings. The summed E-state index contributed by atoms with van der Waals surface area (Å²) in [4.78, 5) is 15.2. The number of benzene rings is 3. The van der Waals surface area contributed by atoms with Crippen molar-refractivity contribution in [2.24, 2.45) is 0 Å². The van der Waals surface area contributed by atoms with Crippen LogP contribution in [0.4, 0.5) is 5.69 Å². The van der Waals surface area contributed by atoms with Crippen LogP contribution in [0.1, 0.15) is 18.1 Å². The summed E-state index contributed by atoms with van der Waals surface area (Å²) in [6.07, 6.45) is 0.703. The zero-order valence-electron chi connectivity index (χ0n) is 17.7. The Labute approximate surface area is 212 Å². The molecule has 9 heteroatoms. The van der Waals surface area contributed by atoms with Crippen LogP contribution in [-0.4, -0.2) is 31.2 Å². The van der Waals surface area contributed by atoms with E-state index in [4.69, 9.17) is 23.2 Å². The van der Waals surface area contributed by atoms with E-state index >= 15 is 0 Å². The number of anilines is 1. The summed E-state index contributed by atoms with van der Waals surface area (Å²) in [6, 6.07) is 18.6. The molecule has 1 heterocycles. The van der Waals surface area contributed by atoms with E-state index in [0.29, 0.717) is 22.0 Å². The summed E-state index contributed by atoms with van der Waals surface area (Å²) in [5, 5.41) is 0.863. The van der Waals surface area contributed by atoms with Crippen molar-refractivity contribution in [1.82, 2.24) is 4.31 Å². The summed E-state index contributed by atoms with van der Waals surface area (Å²) < 4.78 is 29.2. The highest BCUT2D eigenvalue weighted by Crippen LogP contribution is 2.34. The summed E-state index contributed by atoms with van der Waals surface area (Å²) in [7, 11) is -4.00. The van der Waals surface area contributed by atoms with Crippen molar-refractivity contribution in [1.29, 1.82) is 0 Å². The van der Waals surface area contributed by atoms with Gasteiger partial charge in [0, 0.05) is 32.8 Å². The number of fused-ring (bicyclic) bond motifs is 1. The van der Waals surface area contributed by atoms with E-state index in [-0.39, 0.29) is 29.9 Å². The summed E-state index contributed by atoms with van der Waals surface area (Å²) in [5.41, 5.74) is 2.46. The lowest BCUT2D eigenvalue weighted by Gasteiger charge is -2.28. The third-order valence-corrected chi connectivity index (χ3v) is 8.51. The Bertz CT molecular complexity index is 1300. The van der Waals surface area contributed by atoms with E-state index in [1.54, 1.807) is 29.2 Å². The smallest absolute Gasteiger partial charge is 0.243 e. The molecule has 1 amide bonds. The molecule has 3 aromatic rings. The van der Waals surface area contributed by atoms with Crippen LogP contribution >= 0.6 is 39.1 Å². The second-order valence-electron chi connectivity index (χ2n) is 7.91. The molecule has 0 N–H and O–H groups in total. The van der Waals surface area contributed by atoms with Gasteiger partial charge in [-0.25, -0.2) is 8.42 Å². The lowest BCUT2D eigenvalue weighted by atomic mass is 10.1. The Morgan fingerprint density at radius 1 is 1.09 bits per heavy atom. The highest BCUT2D eigenvalue weighted by molar-refractivity contribution is 9.10. The minimum absolute atomic E-state index is 0.0359. The number of hydrogen-bond donors (Lipinski definition) is 0. The number of sulfonamides is 1. The Kier molecular flexibility index (Phi) is 7.17. The van der Waals surface area contributed by atoms with Gasteiger partial charge in [0.1, 0.15) is 0 Å². The third-order valence-electron chi connectivity index (χ3n) is 5.59. The van der Waals surface area contributed by atoms with Crippen molar-refractivity contribution >= 4 is 60.7 Å². The summed E-state index contributed by atoms with van der Waals surface area (Å²) in [6.45, 7) is 1.60. The first kappa shape index (κ1) is 24.2. The molecule has 0 aliphatic carbocycles. The highest BCUT2D eigenvalue weighted by atomic mass is 79.9. The first-order valence-corrected chi connectivity index (χ1v) is 13.3. The first-order valence-electron chi connectivity index (χ1n) is 10.3. The Balaban J connectivity index is 1.69. The molecule has 0 spiro atoms. The predicted octanol–water partition coefficient (Wildman–Crippen LogP) is 5.92. The van der Waals surface area contributed by atoms with E-state index < -0.39 is 10.0 Å². The standard InChI is InChI=1S/C24H21BrCl2N2O3S/c1-16-12-18-13-19(25)6-11-23(18)29(16)24(30)15-28(14-17-4-2-3-5-22(17)27)33(31,32)21-9-7-20(26)8-10-21/h2-11,13,16H,12,14-15H2,1H3/t16-/m0/s1. The van der Waals surface area contributed by atoms with Gasteiger partial charge in [-0.2, -0.15) is 4.31 Å². The minimum atomic E-state index is -4.00. The summed E-state index contributed by atoms with van der Waals surface area (Å²) in [5.74, 6) is -0.298. The SMILES string of the molecule is C[C@H]1Cc2cc(Br)ccc2N1C(=O)CN(Cc1ccccc1Cl)S(=O)(=O)c1ccc(Cl)cc1. The van der Waals surface area contributed by atoms with Gasteiger partial charge in [0.05, 0.1) is 11.4 Å². The molecular formula is C24H21BrCl2N2O3S. The van der Waals surface area contributed by atoms with Crippen molar-refractivity contribution < 1.29 is 13.2 Å². The van der Waals surface area contributed by atoms with Crippen molar-refractivity contribution in [3.05, 3.63) is 92.4 Å². The van der Waals surface area contributed by atoms with Gasteiger partial charge in [0.2, 0.25) is 15.9 Å². The van der Waals surface area contributed by atoms with Crippen molar-refractivity contribution in [3.8, 4) is 0 Å². The first-order chi connectivity index (χ1) is 15.7. The normalized spacial score (nSPS) is 15.7. The van der Waals surface area contributed by atoms with Crippen LogP contribution in [0.25, 0.3) is 0 Å². The number of carbonyl (C=O) groups excluding carboxylic acids is 1. The number of hydrogen-bond acceptors (Lipinski definition) is 3. The van der Waals surface area contributed by atoms with E-state index in [2.05, 4.69) is 15.9 Å². The molecule has 0 saturated carbocycles. The number of carbonyl (C=O) groups is 1. The molecular weight excluding hydrogens is 547 g/mol. The van der Waals surface area contributed by atoms with E-state index in [1.807, 2.05) is 25.1 Å². The molecule has 0 aromatic heterocycles. The molecule has 172 valence electrons. The Morgan fingerprint density at radius 3 is 2.48 bits per heavy atom. The van der Waals surface area contributed by atoms with Gasteiger partial charge in [0.15, 0.2) is 0 Å².